The quantitative estimate of drug-likeness (QED) is 0.597. The second kappa shape index (κ2) is 9.42. The Kier molecular flexibility index (Phi) is 7.51. The number of rotatable bonds is 7. The van der Waals surface area contributed by atoms with Crippen LogP contribution in [0.2, 0.25) is 0 Å². The first-order valence-corrected chi connectivity index (χ1v) is 9.79. The van der Waals surface area contributed by atoms with Gasteiger partial charge in [-0.15, -0.1) is 11.8 Å². The molecule has 1 N–H and O–H groups in total. The van der Waals surface area contributed by atoms with Crippen molar-refractivity contribution in [3.63, 3.8) is 0 Å². The zero-order valence-corrected chi connectivity index (χ0v) is 14.3. The van der Waals surface area contributed by atoms with Crippen LogP contribution in [0, 0.1) is 0 Å². The lowest BCUT2D eigenvalue weighted by molar-refractivity contribution is -0.120. The van der Waals surface area contributed by atoms with Crippen molar-refractivity contribution in [3.8, 4) is 0 Å². The van der Waals surface area contributed by atoms with Gasteiger partial charge in [-0.05, 0) is 31.9 Å². The van der Waals surface area contributed by atoms with E-state index in [-0.39, 0.29) is 11.2 Å². The molecule has 0 aliphatic heterocycles. The summed E-state index contributed by atoms with van der Waals surface area (Å²) in [5, 5.41) is 3.85. The van der Waals surface area contributed by atoms with Gasteiger partial charge in [-0.3, -0.25) is 4.79 Å². The van der Waals surface area contributed by atoms with Gasteiger partial charge in [-0.2, -0.15) is 11.8 Å². The molecule has 1 aromatic carbocycles. The van der Waals surface area contributed by atoms with E-state index in [4.69, 9.17) is 0 Å². The van der Waals surface area contributed by atoms with E-state index in [0.29, 0.717) is 0 Å². The zero-order valence-electron chi connectivity index (χ0n) is 12.7. The molecule has 1 fully saturated rings. The van der Waals surface area contributed by atoms with Gasteiger partial charge in [0.1, 0.15) is 0 Å². The summed E-state index contributed by atoms with van der Waals surface area (Å²) in [4.78, 5) is 13.2. The molecule has 2 rings (SSSR count). The van der Waals surface area contributed by atoms with Gasteiger partial charge in [0.05, 0.1) is 5.25 Å². The second-order valence-corrected chi connectivity index (χ2v) is 8.32. The van der Waals surface area contributed by atoms with Gasteiger partial charge in [0.15, 0.2) is 0 Å². The molecule has 1 aromatic rings. The number of hydrogen-bond donors (Lipinski definition) is 1. The van der Waals surface area contributed by atoms with Crippen molar-refractivity contribution < 1.29 is 4.79 Å². The van der Waals surface area contributed by atoms with Gasteiger partial charge in [-0.25, -0.2) is 0 Å². The number of benzene rings is 1. The predicted octanol–water partition coefficient (Wildman–Crippen LogP) is 4.35. The Morgan fingerprint density at radius 3 is 2.67 bits per heavy atom. The van der Waals surface area contributed by atoms with E-state index in [9.17, 15) is 4.79 Å². The Morgan fingerprint density at radius 1 is 1.24 bits per heavy atom. The first-order chi connectivity index (χ1) is 10.3. The van der Waals surface area contributed by atoms with Crippen LogP contribution in [0.1, 0.15) is 39.0 Å². The van der Waals surface area contributed by atoms with Crippen molar-refractivity contribution in [1.29, 1.82) is 0 Å². The fourth-order valence-electron chi connectivity index (χ4n) is 2.53. The summed E-state index contributed by atoms with van der Waals surface area (Å²) in [6.45, 7) is 2.76. The number of thioether (sulfide) groups is 2. The Morgan fingerprint density at radius 2 is 1.95 bits per heavy atom. The maximum Gasteiger partial charge on any atom is 0.233 e. The molecule has 1 aliphatic carbocycles. The zero-order chi connectivity index (χ0) is 14.9. The Labute approximate surface area is 136 Å². The summed E-state index contributed by atoms with van der Waals surface area (Å²) in [5.74, 6) is 1.19. The molecule has 0 saturated heterocycles. The molecule has 1 saturated carbocycles. The summed E-state index contributed by atoms with van der Waals surface area (Å²) < 4.78 is 0. The molecule has 0 bridgehead atoms. The molecule has 1 aliphatic rings. The van der Waals surface area contributed by atoms with E-state index in [1.54, 1.807) is 11.8 Å². The van der Waals surface area contributed by atoms with E-state index >= 15 is 0 Å². The predicted molar refractivity (Wildman–Crippen MR) is 94.1 cm³/mol. The fourth-order valence-corrected chi connectivity index (χ4v) is 4.66. The third-order valence-electron chi connectivity index (χ3n) is 3.73. The van der Waals surface area contributed by atoms with Crippen LogP contribution < -0.4 is 5.32 Å². The highest BCUT2D eigenvalue weighted by atomic mass is 32.2. The summed E-state index contributed by atoms with van der Waals surface area (Å²) in [6.07, 6.45) is 6.89. The minimum Gasteiger partial charge on any atom is -0.354 e. The molecular weight excluding hydrogens is 298 g/mol. The van der Waals surface area contributed by atoms with Gasteiger partial charge < -0.3 is 5.32 Å². The molecule has 0 heterocycles. The molecule has 1 unspecified atom stereocenters. The van der Waals surface area contributed by atoms with Crippen LogP contribution in [-0.2, 0) is 4.79 Å². The molecule has 0 aromatic heterocycles. The molecule has 2 nitrogen and oxygen atoms in total. The highest BCUT2D eigenvalue weighted by Crippen LogP contribution is 2.27. The van der Waals surface area contributed by atoms with Crippen LogP contribution in [0.3, 0.4) is 0 Å². The van der Waals surface area contributed by atoms with Crippen molar-refractivity contribution in [2.24, 2.45) is 0 Å². The standard InChI is InChI=1S/C17H25NOS2/c1-14(21-16-10-6-3-7-11-16)17(19)18-12-13-20-15-8-4-2-5-9-15/h3,6-7,10-11,14-15H,2,4-5,8-9,12-13H2,1H3,(H,18,19). The van der Waals surface area contributed by atoms with Crippen LogP contribution in [0.4, 0.5) is 0 Å². The molecule has 1 atom stereocenters. The van der Waals surface area contributed by atoms with Gasteiger partial charge in [0, 0.05) is 22.4 Å². The third kappa shape index (κ3) is 6.35. The topological polar surface area (TPSA) is 29.1 Å². The second-order valence-electron chi connectivity index (χ2n) is 5.49. The van der Waals surface area contributed by atoms with Gasteiger partial charge >= 0.3 is 0 Å². The molecule has 0 spiro atoms. The highest BCUT2D eigenvalue weighted by molar-refractivity contribution is 8.00. The van der Waals surface area contributed by atoms with E-state index in [1.165, 1.54) is 32.1 Å². The normalized spacial score (nSPS) is 17.4. The van der Waals surface area contributed by atoms with Crippen molar-refractivity contribution in [2.75, 3.05) is 12.3 Å². The summed E-state index contributed by atoms with van der Waals surface area (Å²) in [7, 11) is 0. The Balaban J connectivity index is 1.60. The van der Waals surface area contributed by atoms with E-state index in [0.717, 1.165) is 22.4 Å². The first kappa shape index (κ1) is 16.8. The van der Waals surface area contributed by atoms with Crippen LogP contribution in [0.25, 0.3) is 0 Å². The summed E-state index contributed by atoms with van der Waals surface area (Å²) in [5.41, 5.74) is 0. The summed E-state index contributed by atoms with van der Waals surface area (Å²) >= 11 is 3.65. The first-order valence-electron chi connectivity index (χ1n) is 7.87. The molecule has 1 amide bonds. The summed E-state index contributed by atoms with van der Waals surface area (Å²) in [6, 6.07) is 10.1. The molecule has 116 valence electrons. The average molecular weight is 324 g/mol. The number of carbonyl (C=O) groups excluding carboxylic acids is 1. The number of carbonyl (C=O) groups is 1. The van der Waals surface area contributed by atoms with Crippen LogP contribution in [0.5, 0.6) is 0 Å². The van der Waals surface area contributed by atoms with Crippen molar-refractivity contribution >= 4 is 29.4 Å². The van der Waals surface area contributed by atoms with Crippen LogP contribution in [0.15, 0.2) is 35.2 Å². The van der Waals surface area contributed by atoms with E-state index in [2.05, 4.69) is 5.32 Å². The van der Waals surface area contributed by atoms with Crippen molar-refractivity contribution in [2.45, 2.75) is 54.4 Å². The molecule has 4 heteroatoms. The van der Waals surface area contributed by atoms with Crippen molar-refractivity contribution in [1.82, 2.24) is 5.32 Å². The van der Waals surface area contributed by atoms with Gasteiger partial charge in [0.2, 0.25) is 5.91 Å². The fraction of sp³-hybridized carbons (Fsp3) is 0.588. The van der Waals surface area contributed by atoms with E-state index < -0.39 is 0 Å². The molecule has 0 radical (unpaired) electrons. The SMILES string of the molecule is CC(Sc1ccccc1)C(=O)NCCSC1CCCCC1. The lowest BCUT2D eigenvalue weighted by atomic mass is 10.0. The largest absolute Gasteiger partial charge is 0.354 e. The lowest BCUT2D eigenvalue weighted by Crippen LogP contribution is -2.32. The maximum atomic E-state index is 12.1. The number of nitrogens with one attached hydrogen (secondary N) is 1. The number of hydrogen-bond acceptors (Lipinski definition) is 3. The lowest BCUT2D eigenvalue weighted by Gasteiger charge is -2.21. The van der Waals surface area contributed by atoms with Gasteiger partial charge in [0.25, 0.3) is 0 Å². The minimum absolute atomic E-state index is 0.0351. The third-order valence-corrected chi connectivity index (χ3v) is 6.23. The Bertz CT molecular complexity index is 418. The number of amides is 1. The Hall–Kier alpha value is -0.610. The molecular formula is C17H25NOS2. The average Bonchev–Trinajstić information content (AvgIpc) is 2.53. The van der Waals surface area contributed by atoms with Crippen LogP contribution in [-0.4, -0.2) is 28.7 Å². The van der Waals surface area contributed by atoms with Crippen molar-refractivity contribution in [3.05, 3.63) is 30.3 Å². The smallest absolute Gasteiger partial charge is 0.233 e. The van der Waals surface area contributed by atoms with Gasteiger partial charge in [-0.1, -0.05) is 37.5 Å². The minimum atomic E-state index is -0.0351. The van der Waals surface area contributed by atoms with Crippen LogP contribution >= 0.6 is 23.5 Å². The monoisotopic (exact) mass is 323 g/mol. The van der Waals surface area contributed by atoms with E-state index in [1.807, 2.05) is 49.0 Å². The highest BCUT2D eigenvalue weighted by Gasteiger charge is 2.15. The molecule has 21 heavy (non-hydrogen) atoms. The maximum absolute atomic E-state index is 12.1.